The van der Waals surface area contributed by atoms with Crippen LogP contribution in [0.1, 0.15) is 17.5 Å². The first-order chi connectivity index (χ1) is 12.0. The van der Waals surface area contributed by atoms with Gasteiger partial charge in [-0.15, -0.1) is 0 Å². The van der Waals surface area contributed by atoms with E-state index in [1.54, 1.807) is 31.4 Å². The highest BCUT2D eigenvalue weighted by atomic mass is 16.5. The first kappa shape index (κ1) is 18.3. The maximum absolute atomic E-state index is 11.9. The molecule has 0 atom stereocenters. The van der Waals surface area contributed by atoms with Crippen LogP contribution in [0.2, 0.25) is 0 Å². The molecule has 25 heavy (non-hydrogen) atoms. The molecule has 0 saturated carbocycles. The van der Waals surface area contributed by atoms with Gasteiger partial charge in [0, 0.05) is 24.3 Å². The van der Waals surface area contributed by atoms with E-state index >= 15 is 0 Å². The normalized spacial score (nSPS) is 10.0. The third-order valence-electron chi connectivity index (χ3n) is 3.49. The average Bonchev–Trinajstić information content (AvgIpc) is 2.54. The number of aryl methyl sites for hydroxylation is 2. The number of benzene rings is 2. The zero-order valence-corrected chi connectivity index (χ0v) is 14.7. The lowest BCUT2D eigenvalue weighted by Crippen LogP contribution is -2.31. The van der Waals surface area contributed by atoms with E-state index in [9.17, 15) is 9.59 Å². The van der Waals surface area contributed by atoms with Crippen LogP contribution in [0.15, 0.2) is 42.5 Å². The van der Waals surface area contributed by atoms with Gasteiger partial charge in [-0.1, -0.05) is 6.07 Å². The molecule has 0 bridgehead atoms. The largest absolute Gasteiger partial charge is 0.497 e. The zero-order chi connectivity index (χ0) is 18.2. The van der Waals surface area contributed by atoms with E-state index < -0.39 is 0 Å². The lowest BCUT2D eigenvalue weighted by molar-refractivity contribution is -0.116. The number of methoxy groups -OCH3 is 1. The van der Waals surface area contributed by atoms with Crippen LogP contribution in [-0.2, 0) is 4.79 Å². The topological polar surface area (TPSA) is 79.5 Å². The van der Waals surface area contributed by atoms with Crippen LogP contribution in [0.25, 0.3) is 0 Å². The smallest absolute Gasteiger partial charge is 0.319 e. The number of nitrogens with one attached hydrogen (secondary N) is 3. The van der Waals surface area contributed by atoms with E-state index in [0.29, 0.717) is 11.4 Å². The molecule has 0 aliphatic heterocycles. The summed E-state index contributed by atoms with van der Waals surface area (Å²) in [5.41, 5.74) is 3.60. The predicted octanol–water partition coefficient (Wildman–Crippen LogP) is 3.46. The molecule has 6 heteroatoms. The summed E-state index contributed by atoms with van der Waals surface area (Å²) >= 11 is 0. The summed E-state index contributed by atoms with van der Waals surface area (Å²) in [5.74, 6) is 0.573. The highest BCUT2D eigenvalue weighted by molar-refractivity contribution is 5.92. The molecular weight excluding hydrogens is 318 g/mol. The lowest BCUT2D eigenvalue weighted by Gasteiger charge is -2.09. The van der Waals surface area contributed by atoms with Crippen molar-refractivity contribution < 1.29 is 14.3 Å². The highest BCUT2D eigenvalue weighted by Crippen LogP contribution is 2.15. The Morgan fingerprint density at radius 1 is 0.920 bits per heavy atom. The molecule has 2 aromatic rings. The Labute approximate surface area is 147 Å². The predicted molar refractivity (Wildman–Crippen MR) is 99.2 cm³/mol. The van der Waals surface area contributed by atoms with Crippen LogP contribution >= 0.6 is 0 Å². The summed E-state index contributed by atoms with van der Waals surface area (Å²) in [7, 11) is 1.58. The van der Waals surface area contributed by atoms with Crippen molar-refractivity contribution in [3.05, 3.63) is 53.6 Å². The Balaban J connectivity index is 1.73. The number of carbonyl (C=O) groups excluding carboxylic acids is 2. The van der Waals surface area contributed by atoms with Crippen molar-refractivity contribution in [1.29, 1.82) is 0 Å². The van der Waals surface area contributed by atoms with Crippen molar-refractivity contribution in [2.75, 3.05) is 24.3 Å². The minimum Gasteiger partial charge on any atom is -0.497 e. The Kier molecular flexibility index (Phi) is 6.39. The third kappa shape index (κ3) is 6.18. The molecule has 0 radical (unpaired) electrons. The van der Waals surface area contributed by atoms with Crippen LogP contribution in [0.5, 0.6) is 5.75 Å². The Bertz CT molecular complexity index is 722. The summed E-state index contributed by atoms with van der Waals surface area (Å²) in [6.45, 7) is 4.21. The molecule has 3 amide bonds. The maximum Gasteiger partial charge on any atom is 0.319 e. The van der Waals surface area contributed by atoms with Crippen LogP contribution in [-0.4, -0.2) is 25.6 Å². The summed E-state index contributed by atoms with van der Waals surface area (Å²) in [5, 5.41) is 8.19. The number of hydrogen-bond acceptors (Lipinski definition) is 3. The molecule has 0 heterocycles. The monoisotopic (exact) mass is 341 g/mol. The SMILES string of the molecule is COc1ccc(NC(=O)NCCC(=O)Nc2cc(C)cc(C)c2)cc1. The first-order valence-electron chi connectivity index (χ1n) is 8.03. The van der Waals surface area contributed by atoms with Crippen LogP contribution in [0, 0.1) is 13.8 Å². The van der Waals surface area contributed by atoms with Gasteiger partial charge < -0.3 is 20.7 Å². The summed E-state index contributed by atoms with van der Waals surface area (Å²) in [6, 6.07) is 12.5. The standard InChI is InChI=1S/C19H23N3O3/c1-13-10-14(2)12-16(11-13)21-18(23)8-9-20-19(24)22-15-4-6-17(25-3)7-5-15/h4-7,10-12H,8-9H2,1-3H3,(H,21,23)(H2,20,22,24). The quantitative estimate of drug-likeness (QED) is 0.753. The fourth-order valence-electron chi connectivity index (χ4n) is 2.41. The fraction of sp³-hybridized carbons (Fsp3) is 0.263. The van der Waals surface area contributed by atoms with Gasteiger partial charge in [0.25, 0.3) is 0 Å². The molecule has 0 aromatic heterocycles. The van der Waals surface area contributed by atoms with Gasteiger partial charge in [0.1, 0.15) is 5.75 Å². The van der Waals surface area contributed by atoms with Gasteiger partial charge in [0.2, 0.25) is 5.91 Å². The fourth-order valence-corrected chi connectivity index (χ4v) is 2.41. The summed E-state index contributed by atoms with van der Waals surface area (Å²) in [6.07, 6.45) is 0.197. The number of hydrogen-bond donors (Lipinski definition) is 3. The van der Waals surface area contributed by atoms with E-state index in [1.165, 1.54) is 0 Å². The maximum atomic E-state index is 11.9. The zero-order valence-electron chi connectivity index (χ0n) is 14.7. The van der Waals surface area contributed by atoms with Gasteiger partial charge in [-0.3, -0.25) is 4.79 Å². The van der Waals surface area contributed by atoms with Crippen molar-refractivity contribution in [3.63, 3.8) is 0 Å². The number of amides is 3. The second-order valence-corrected chi connectivity index (χ2v) is 5.78. The Hall–Kier alpha value is -3.02. The van der Waals surface area contributed by atoms with Gasteiger partial charge in [-0.25, -0.2) is 4.79 Å². The number of rotatable bonds is 6. The molecule has 0 aliphatic carbocycles. The molecule has 0 aliphatic rings. The molecule has 0 unspecified atom stereocenters. The molecule has 2 rings (SSSR count). The van der Waals surface area contributed by atoms with Gasteiger partial charge in [-0.05, 0) is 61.4 Å². The molecule has 3 N–H and O–H groups in total. The molecule has 0 saturated heterocycles. The van der Waals surface area contributed by atoms with Crippen molar-refractivity contribution in [2.24, 2.45) is 0 Å². The number of anilines is 2. The molecule has 0 fully saturated rings. The van der Waals surface area contributed by atoms with E-state index in [-0.39, 0.29) is 24.9 Å². The summed E-state index contributed by atoms with van der Waals surface area (Å²) in [4.78, 5) is 23.8. The Morgan fingerprint density at radius 2 is 1.56 bits per heavy atom. The minimum absolute atomic E-state index is 0.144. The van der Waals surface area contributed by atoms with Crippen molar-refractivity contribution >= 4 is 23.3 Å². The third-order valence-corrected chi connectivity index (χ3v) is 3.49. The van der Waals surface area contributed by atoms with Crippen molar-refractivity contribution in [2.45, 2.75) is 20.3 Å². The van der Waals surface area contributed by atoms with Crippen molar-refractivity contribution in [1.82, 2.24) is 5.32 Å². The van der Waals surface area contributed by atoms with E-state index in [1.807, 2.05) is 32.0 Å². The molecule has 132 valence electrons. The van der Waals surface area contributed by atoms with Gasteiger partial charge in [0.05, 0.1) is 7.11 Å². The lowest BCUT2D eigenvalue weighted by atomic mass is 10.1. The second kappa shape index (κ2) is 8.73. The van der Waals surface area contributed by atoms with Crippen LogP contribution in [0.3, 0.4) is 0 Å². The summed E-state index contributed by atoms with van der Waals surface area (Å²) < 4.78 is 5.06. The molecule has 6 nitrogen and oxygen atoms in total. The molecule has 2 aromatic carbocycles. The minimum atomic E-state index is -0.357. The number of urea groups is 1. The highest BCUT2D eigenvalue weighted by Gasteiger charge is 2.06. The van der Waals surface area contributed by atoms with E-state index in [2.05, 4.69) is 16.0 Å². The number of ether oxygens (including phenoxy) is 1. The van der Waals surface area contributed by atoms with Gasteiger partial charge in [0.15, 0.2) is 0 Å². The van der Waals surface area contributed by atoms with E-state index in [0.717, 1.165) is 16.8 Å². The van der Waals surface area contributed by atoms with Gasteiger partial charge in [-0.2, -0.15) is 0 Å². The molecule has 0 spiro atoms. The average molecular weight is 341 g/mol. The second-order valence-electron chi connectivity index (χ2n) is 5.78. The van der Waals surface area contributed by atoms with E-state index in [4.69, 9.17) is 4.74 Å². The van der Waals surface area contributed by atoms with Crippen molar-refractivity contribution in [3.8, 4) is 5.75 Å². The van der Waals surface area contributed by atoms with Gasteiger partial charge >= 0.3 is 6.03 Å². The Morgan fingerprint density at radius 3 is 2.16 bits per heavy atom. The van der Waals surface area contributed by atoms with Crippen LogP contribution in [0.4, 0.5) is 16.2 Å². The first-order valence-corrected chi connectivity index (χ1v) is 8.03. The number of carbonyl (C=O) groups is 2. The van der Waals surface area contributed by atoms with Crippen LogP contribution < -0.4 is 20.7 Å². The molecular formula is C19H23N3O3.